The molecule has 1 heterocycles. The third kappa shape index (κ3) is 2.75. The first kappa shape index (κ1) is 11.9. The number of alkyl halides is 1. The van der Waals surface area contributed by atoms with Crippen LogP contribution in [0.15, 0.2) is 12.3 Å². The molecule has 68 valence electrons. The second-order valence-corrected chi connectivity index (χ2v) is 2.83. The molecule has 1 aromatic heterocycles. The number of nitrogens with zero attached hydrogens (tertiary/aromatic N) is 1. The zero-order valence-corrected chi connectivity index (χ0v) is 10.3. The molecule has 0 spiro atoms. The number of rotatable bonds is 2. The summed E-state index contributed by atoms with van der Waals surface area (Å²) in [7, 11) is 1.64. The summed E-state index contributed by atoms with van der Waals surface area (Å²) in [5.74, 6) is 0.812. The molecule has 0 saturated carbocycles. The van der Waals surface area contributed by atoms with Crippen molar-refractivity contribution in [3.63, 3.8) is 0 Å². The van der Waals surface area contributed by atoms with Gasteiger partial charge in [0.1, 0.15) is 5.75 Å². The monoisotopic (exact) mass is 295 g/mol. The summed E-state index contributed by atoms with van der Waals surface area (Å²) in [6, 6.07) is 1.98. The van der Waals surface area contributed by atoms with Gasteiger partial charge in [0.05, 0.1) is 19.0 Å². The van der Waals surface area contributed by atoms with Crippen molar-refractivity contribution in [2.24, 2.45) is 0 Å². The van der Waals surface area contributed by atoms with E-state index in [-0.39, 0.29) is 17.0 Å². The molecule has 0 atom stereocenters. The zero-order chi connectivity index (χ0) is 8.27. The van der Waals surface area contributed by atoms with E-state index in [0.29, 0.717) is 0 Å². The van der Waals surface area contributed by atoms with Crippen LogP contribution in [-0.2, 0) is 5.33 Å². The lowest BCUT2D eigenvalue weighted by atomic mass is 10.2. The van der Waals surface area contributed by atoms with Crippen LogP contribution < -0.4 is 4.74 Å². The number of pyridine rings is 1. The van der Waals surface area contributed by atoms with Crippen molar-refractivity contribution >= 4 is 32.9 Å². The van der Waals surface area contributed by atoms with Crippen LogP contribution in [0.1, 0.15) is 11.3 Å². The van der Waals surface area contributed by atoms with Gasteiger partial charge in [0, 0.05) is 5.33 Å². The van der Waals surface area contributed by atoms with Crippen LogP contribution in [0.2, 0.25) is 0 Å². The largest absolute Gasteiger partial charge is 0.495 e. The van der Waals surface area contributed by atoms with Gasteiger partial charge in [0.25, 0.3) is 0 Å². The SMILES string of the molecule is Br.COc1cnc(CBr)c(C)c1. The minimum Gasteiger partial charge on any atom is -0.495 e. The van der Waals surface area contributed by atoms with Gasteiger partial charge in [0.15, 0.2) is 0 Å². The van der Waals surface area contributed by atoms with Crippen LogP contribution in [0.3, 0.4) is 0 Å². The molecule has 1 rings (SSSR count). The second-order valence-electron chi connectivity index (χ2n) is 2.27. The molecule has 0 aliphatic rings. The number of aryl methyl sites for hydroxylation is 1. The molecule has 4 heteroatoms. The average molecular weight is 297 g/mol. The maximum atomic E-state index is 5.02. The first-order valence-electron chi connectivity index (χ1n) is 3.33. The van der Waals surface area contributed by atoms with Gasteiger partial charge < -0.3 is 4.74 Å². The highest BCUT2D eigenvalue weighted by Gasteiger charge is 1.98. The van der Waals surface area contributed by atoms with Crippen molar-refractivity contribution in [3.05, 3.63) is 23.5 Å². The molecule has 2 nitrogen and oxygen atoms in total. The maximum Gasteiger partial charge on any atom is 0.137 e. The van der Waals surface area contributed by atoms with Gasteiger partial charge >= 0.3 is 0 Å². The van der Waals surface area contributed by atoms with E-state index in [9.17, 15) is 0 Å². The molecule has 12 heavy (non-hydrogen) atoms. The fourth-order valence-corrected chi connectivity index (χ4v) is 1.42. The molecule has 0 saturated heterocycles. The Labute approximate surface area is 91.2 Å². The molecule has 1 aromatic rings. The Balaban J connectivity index is 0.00000121. The van der Waals surface area contributed by atoms with Gasteiger partial charge in [-0.25, -0.2) is 0 Å². The maximum absolute atomic E-state index is 5.02. The number of ether oxygens (including phenoxy) is 1. The molecule has 0 aliphatic carbocycles. The first-order valence-corrected chi connectivity index (χ1v) is 4.45. The fourth-order valence-electron chi connectivity index (χ4n) is 0.829. The third-order valence-electron chi connectivity index (χ3n) is 1.52. The summed E-state index contributed by atoms with van der Waals surface area (Å²) in [5, 5.41) is 0.794. The molecule has 0 unspecified atom stereocenters. The van der Waals surface area contributed by atoms with Gasteiger partial charge in [-0.05, 0) is 18.6 Å². The van der Waals surface area contributed by atoms with Gasteiger partial charge in [-0.15, -0.1) is 17.0 Å². The van der Waals surface area contributed by atoms with E-state index in [1.54, 1.807) is 13.3 Å². The molecular formula is C8H11Br2NO. The minimum absolute atomic E-state index is 0. The Bertz CT molecular complexity index is 253. The lowest BCUT2D eigenvalue weighted by molar-refractivity contribution is 0.412. The molecular weight excluding hydrogens is 286 g/mol. The van der Waals surface area contributed by atoms with Crippen molar-refractivity contribution in [1.82, 2.24) is 4.98 Å². The zero-order valence-electron chi connectivity index (χ0n) is 7.00. The third-order valence-corrected chi connectivity index (χ3v) is 2.05. The predicted molar refractivity (Wildman–Crippen MR) is 58.5 cm³/mol. The Morgan fingerprint density at radius 3 is 2.67 bits per heavy atom. The normalized spacial score (nSPS) is 8.92. The molecule has 0 N–H and O–H groups in total. The quantitative estimate of drug-likeness (QED) is 0.783. The number of aromatic nitrogens is 1. The van der Waals surface area contributed by atoms with Gasteiger partial charge in [-0.1, -0.05) is 15.9 Å². The molecule has 0 fully saturated rings. The molecule has 0 bridgehead atoms. The second kappa shape index (κ2) is 5.54. The Morgan fingerprint density at radius 1 is 1.58 bits per heavy atom. The van der Waals surface area contributed by atoms with Crippen LogP contribution in [0.5, 0.6) is 5.75 Å². The Morgan fingerprint density at radius 2 is 2.25 bits per heavy atom. The van der Waals surface area contributed by atoms with Crippen LogP contribution in [-0.4, -0.2) is 12.1 Å². The van der Waals surface area contributed by atoms with Gasteiger partial charge in [-0.2, -0.15) is 0 Å². The number of halogens is 2. The summed E-state index contributed by atoms with van der Waals surface area (Å²) in [4.78, 5) is 4.20. The predicted octanol–water partition coefficient (Wildman–Crippen LogP) is 2.87. The van der Waals surface area contributed by atoms with Crippen molar-refractivity contribution in [3.8, 4) is 5.75 Å². The first-order chi connectivity index (χ1) is 5.27. The molecule has 0 aromatic carbocycles. The summed E-state index contributed by atoms with van der Waals surface area (Å²) >= 11 is 3.35. The number of hydrogen-bond acceptors (Lipinski definition) is 2. The summed E-state index contributed by atoms with van der Waals surface area (Å²) in [6.07, 6.45) is 1.73. The lowest BCUT2D eigenvalue weighted by Crippen LogP contribution is -1.91. The van der Waals surface area contributed by atoms with E-state index in [0.717, 1.165) is 22.3 Å². The van der Waals surface area contributed by atoms with Crippen molar-refractivity contribution in [2.45, 2.75) is 12.3 Å². The summed E-state index contributed by atoms with van der Waals surface area (Å²) in [5.41, 5.74) is 2.21. The van der Waals surface area contributed by atoms with E-state index >= 15 is 0 Å². The standard InChI is InChI=1S/C8H10BrNO.BrH/c1-6-3-7(11-2)5-10-8(6)4-9;/h3,5H,4H2,1-2H3;1H. The van der Waals surface area contributed by atoms with Crippen molar-refractivity contribution in [2.75, 3.05) is 7.11 Å². The van der Waals surface area contributed by atoms with Gasteiger partial charge in [-0.3, -0.25) is 4.98 Å². The topological polar surface area (TPSA) is 22.1 Å². The van der Waals surface area contributed by atoms with Crippen LogP contribution in [0.25, 0.3) is 0 Å². The highest BCUT2D eigenvalue weighted by molar-refractivity contribution is 9.08. The minimum atomic E-state index is 0. The highest BCUT2D eigenvalue weighted by Crippen LogP contribution is 2.15. The summed E-state index contributed by atoms with van der Waals surface area (Å²) < 4.78 is 5.02. The van der Waals surface area contributed by atoms with E-state index in [1.807, 2.05) is 13.0 Å². The van der Waals surface area contributed by atoms with E-state index in [1.165, 1.54) is 0 Å². The smallest absolute Gasteiger partial charge is 0.137 e. The van der Waals surface area contributed by atoms with Crippen molar-refractivity contribution < 1.29 is 4.74 Å². The lowest BCUT2D eigenvalue weighted by Gasteiger charge is -2.03. The number of hydrogen-bond donors (Lipinski definition) is 0. The van der Waals surface area contributed by atoms with Crippen molar-refractivity contribution in [1.29, 1.82) is 0 Å². The van der Waals surface area contributed by atoms with E-state index in [2.05, 4.69) is 20.9 Å². The van der Waals surface area contributed by atoms with E-state index < -0.39 is 0 Å². The fraction of sp³-hybridized carbons (Fsp3) is 0.375. The Hall–Kier alpha value is -0.0900. The van der Waals surface area contributed by atoms with Crippen LogP contribution in [0.4, 0.5) is 0 Å². The van der Waals surface area contributed by atoms with E-state index in [4.69, 9.17) is 4.74 Å². The molecule has 0 aliphatic heterocycles. The van der Waals surface area contributed by atoms with Crippen LogP contribution in [0, 0.1) is 6.92 Å². The van der Waals surface area contributed by atoms with Crippen LogP contribution >= 0.6 is 32.9 Å². The Kier molecular flexibility index (Phi) is 5.50. The summed E-state index contributed by atoms with van der Waals surface area (Å²) in [6.45, 7) is 2.02. The average Bonchev–Trinajstić information content (AvgIpc) is 2.04. The molecule has 0 amide bonds. The number of methoxy groups -OCH3 is 1. The highest BCUT2D eigenvalue weighted by atomic mass is 79.9. The van der Waals surface area contributed by atoms with Gasteiger partial charge in [0.2, 0.25) is 0 Å². The molecule has 0 radical (unpaired) electrons.